The molecule has 1 saturated carbocycles. The topological polar surface area (TPSA) is 58.6 Å². The van der Waals surface area contributed by atoms with Crippen LogP contribution in [0.4, 0.5) is 0 Å². The van der Waals surface area contributed by atoms with Crippen molar-refractivity contribution in [3.05, 3.63) is 77.9 Å². The second kappa shape index (κ2) is 10.5. The Labute approximate surface area is 195 Å². The van der Waals surface area contributed by atoms with Crippen LogP contribution in [-0.2, 0) is 16.1 Å². The van der Waals surface area contributed by atoms with Gasteiger partial charge >= 0.3 is 0 Å². The van der Waals surface area contributed by atoms with Crippen molar-refractivity contribution in [1.29, 1.82) is 0 Å². The molecule has 1 N–H and O–H groups in total. The number of ether oxygens (including phenoxy) is 1. The summed E-state index contributed by atoms with van der Waals surface area (Å²) >= 11 is 0. The summed E-state index contributed by atoms with van der Waals surface area (Å²) in [5.74, 6) is 0.356. The van der Waals surface area contributed by atoms with Gasteiger partial charge in [0.1, 0.15) is 11.8 Å². The van der Waals surface area contributed by atoms with Crippen molar-refractivity contribution in [2.75, 3.05) is 6.61 Å². The van der Waals surface area contributed by atoms with E-state index in [1.54, 1.807) is 11.8 Å². The summed E-state index contributed by atoms with van der Waals surface area (Å²) in [5.41, 5.74) is 2.12. The molecule has 0 spiro atoms. The lowest BCUT2D eigenvalue weighted by atomic mass is 10.1. The van der Waals surface area contributed by atoms with Gasteiger partial charge in [-0.25, -0.2) is 0 Å². The molecule has 5 nitrogen and oxygen atoms in total. The predicted molar refractivity (Wildman–Crippen MR) is 131 cm³/mol. The highest BCUT2D eigenvalue weighted by Crippen LogP contribution is 2.25. The summed E-state index contributed by atoms with van der Waals surface area (Å²) in [4.78, 5) is 28.0. The second-order valence-electron chi connectivity index (χ2n) is 8.88. The van der Waals surface area contributed by atoms with Crippen molar-refractivity contribution >= 4 is 22.6 Å². The Morgan fingerprint density at radius 2 is 1.70 bits per heavy atom. The number of nitrogens with zero attached hydrogens (tertiary/aromatic N) is 1. The lowest BCUT2D eigenvalue weighted by Gasteiger charge is -2.30. The van der Waals surface area contributed by atoms with Crippen molar-refractivity contribution in [1.82, 2.24) is 10.2 Å². The zero-order valence-electron chi connectivity index (χ0n) is 19.4. The van der Waals surface area contributed by atoms with E-state index in [9.17, 15) is 9.59 Å². The van der Waals surface area contributed by atoms with Crippen molar-refractivity contribution in [3.8, 4) is 5.75 Å². The number of rotatable bonds is 8. The van der Waals surface area contributed by atoms with Gasteiger partial charge in [0, 0.05) is 18.0 Å². The van der Waals surface area contributed by atoms with E-state index in [1.165, 1.54) is 0 Å². The molecule has 0 bridgehead atoms. The smallest absolute Gasteiger partial charge is 0.261 e. The number of hydrogen-bond donors (Lipinski definition) is 1. The lowest BCUT2D eigenvalue weighted by Crippen LogP contribution is -2.50. The third-order valence-corrected chi connectivity index (χ3v) is 6.57. The minimum absolute atomic E-state index is 0.103. The molecule has 5 heteroatoms. The summed E-state index contributed by atoms with van der Waals surface area (Å²) in [5, 5.41) is 5.16. The average Bonchev–Trinajstić information content (AvgIpc) is 3.34. The minimum Gasteiger partial charge on any atom is -0.483 e. The maximum atomic E-state index is 13.4. The normalized spacial score (nSPS) is 14.7. The molecule has 1 atom stereocenters. The number of carbonyl (C=O) groups excluding carboxylic acids is 2. The first-order chi connectivity index (χ1) is 16.0. The summed E-state index contributed by atoms with van der Waals surface area (Å²) in [6.45, 7) is 4.07. The van der Waals surface area contributed by atoms with Crippen LogP contribution in [0.15, 0.2) is 66.7 Å². The van der Waals surface area contributed by atoms with Gasteiger partial charge in [-0.3, -0.25) is 9.59 Å². The second-order valence-corrected chi connectivity index (χ2v) is 8.88. The van der Waals surface area contributed by atoms with E-state index in [-0.39, 0.29) is 24.5 Å². The van der Waals surface area contributed by atoms with Crippen molar-refractivity contribution in [2.45, 2.75) is 58.2 Å². The van der Waals surface area contributed by atoms with Crippen LogP contribution in [0.2, 0.25) is 0 Å². The van der Waals surface area contributed by atoms with Crippen LogP contribution in [0.1, 0.15) is 43.7 Å². The van der Waals surface area contributed by atoms with E-state index >= 15 is 0 Å². The highest BCUT2D eigenvalue weighted by molar-refractivity contribution is 5.90. The van der Waals surface area contributed by atoms with E-state index < -0.39 is 6.04 Å². The van der Waals surface area contributed by atoms with Gasteiger partial charge in [0.25, 0.3) is 5.91 Å². The Hall–Kier alpha value is -3.34. The summed E-state index contributed by atoms with van der Waals surface area (Å²) in [7, 11) is 0. The summed E-state index contributed by atoms with van der Waals surface area (Å²) < 4.78 is 5.97. The number of hydrogen-bond acceptors (Lipinski definition) is 3. The first-order valence-corrected chi connectivity index (χ1v) is 11.8. The van der Waals surface area contributed by atoms with Crippen molar-refractivity contribution in [3.63, 3.8) is 0 Å². The fourth-order valence-corrected chi connectivity index (χ4v) is 4.49. The molecule has 0 aliphatic heterocycles. The molecule has 3 aromatic rings. The number of fused-ring (bicyclic) bond motifs is 1. The number of aryl methyl sites for hydroxylation is 1. The molecule has 4 rings (SSSR count). The van der Waals surface area contributed by atoms with Crippen LogP contribution >= 0.6 is 0 Å². The number of nitrogens with one attached hydrogen (secondary N) is 1. The van der Waals surface area contributed by atoms with E-state index in [1.807, 2.05) is 73.7 Å². The summed E-state index contributed by atoms with van der Waals surface area (Å²) in [6.07, 6.45) is 4.30. The average molecular weight is 445 g/mol. The molecule has 33 heavy (non-hydrogen) atoms. The SMILES string of the molecule is Cc1ccccc1CN(C(=O)COc1cccc2ccccc12)[C@@H](C)C(=O)NC1CCCC1. The van der Waals surface area contributed by atoms with Gasteiger partial charge in [0.15, 0.2) is 6.61 Å². The largest absolute Gasteiger partial charge is 0.483 e. The maximum absolute atomic E-state index is 13.4. The zero-order chi connectivity index (χ0) is 23.2. The molecule has 1 aliphatic carbocycles. The monoisotopic (exact) mass is 444 g/mol. The third-order valence-electron chi connectivity index (χ3n) is 6.57. The molecule has 1 fully saturated rings. The molecule has 2 amide bonds. The van der Waals surface area contributed by atoms with Gasteiger partial charge < -0.3 is 15.0 Å². The van der Waals surface area contributed by atoms with Crippen molar-refractivity contribution < 1.29 is 14.3 Å². The molecular weight excluding hydrogens is 412 g/mol. The predicted octanol–water partition coefficient (Wildman–Crippen LogP) is 5.00. The molecular formula is C28H32N2O3. The van der Waals surface area contributed by atoms with E-state index in [0.717, 1.165) is 47.6 Å². The van der Waals surface area contributed by atoms with Crippen LogP contribution in [0, 0.1) is 6.92 Å². The van der Waals surface area contributed by atoms with Crippen LogP contribution in [0.25, 0.3) is 10.8 Å². The Morgan fingerprint density at radius 3 is 2.48 bits per heavy atom. The zero-order valence-corrected chi connectivity index (χ0v) is 19.4. The van der Waals surface area contributed by atoms with E-state index in [0.29, 0.717) is 12.3 Å². The number of carbonyl (C=O) groups is 2. The van der Waals surface area contributed by atoms with E-state index in [2.05, 4.69) is 5.32 Å². The first-order valence-electron chi connectivity index (χ1n) is 11.8. The molecule has 1 aliphatic rings. The quantitative estimate of drug-likeness (QED) is 0.532. The highest BCUT2D eigenvalue weighted by Gasteiger charge is 2.29. The first kappa shape index (κ1) is 22.8. The minimum atomic E-state index is -0.589. The standard InChI is InChI=1S/C28H32N2O3/c1-20-10-3-4-12-23(20)18-30(21(2)28(32)29-24-14-6-7-15-24)27(31)19-33-26-17-9-13-22-11-5-8-16-25(22)26/h3-5,8-13,16-17,21,24H,6-7,14-15,18-19H2,1-2H3,(H,29,32)/t21-/m0/s1. The van der Waals surface area contributed by atoms with Gasteiger partial charge in [0.2, 0.25) is 5.91 Å². The van der Waals surface area contributed by atoms with Gasteiger partial charge in [-0.05, 0) is 49.3 Å². The van der Waals surface area contributed by atoms with Crippen LogP contribution in [0.5, 0.6) is 5.75 Å². The highest BCUT2D eigenvalue weighted by atomic mass is 16.5. The Kier molecular flexibility index (Phi) is 7.28. The maximum Gasteiger partial charge on any atom is 0.261 e. The van der Waals surface area contributed by atoms with Gasteiger partial charge in [-0.15, -0.1) is 0 Å². The number of benzene rings is 3. The van der Waals surface area contributed by atoms with Crippen molar-refractivity contribution in [2.24, 2.45) is 0 Å². The van der Waals surface area contributed by atoms with Gasteiger partial charge in [-0.2, -0.15) is 0 Å². The number of amides is 2. The summed E-state index contributed by atoms with van der Waals surface area (Å²) in [6, 6.07) is 21.3. The molecule has 0 radical (unpaired) electrons. The lowest BCUT2D eigenvalue weighted by molar-refractivity contribution is -0.142. The Morgan fingerprint density at radius 1 is 1.00 bits per heavy atom. The van der Waals surface area contributed by atoms with Crippen LogP contribution in [0.3, 0.4) is 0 Å². The Balaban J connectivity index is 1.51. The molecule has 0 saturated heterocycles. The molecule has 3 aromatic carbocycles. The molecule has 0 heterocycles. The fourth-order valence-electron chi connectivity index (χ4n) is 4.49. The van der Waals surface area contributed by atoms with Crippen LogP contribution < -0.4 is 10.1 Å². The molecule has 172 valence electrons. The van der Waals surface area contributed by atoms with Gasteiger partial charge in [-0.1, -0.05) is 73.5 Å². The Bertz CT molecular complexity index is 1120. The molecule has 0 aromatic heterocycles. The fraction of sp³-hybridized carbons (Fsp3) is 0.357. The van der Waals surface area contributed by atoms with Gasteiger partial charge in [0.05, 0.1) is 0 Å². The third kappa shape index (κ3) is 5.54. The van der Waals surface area contributed by atoms with E-state index in [4.69, 9.17) is 4.74 Å². The van der Waals surface area contributed by atoms with Crippen LogP contribution in [-0.4, -0.2) is 35.4 Å². The molecule has 0 unspecified atom stereocenters.